The maximum absolute atomic E-state index is 13.5. The van der Waals surface area contributed by atoms with Crippen LogP contribution in [0.1, 0.15) is 18.1 Å². The molecule has 1 N–H and O–H groups in total. The number of nitrogens with one attached hydrogen (secondary N) is 1. The molecule has 0 radical (unpaired) electrons. The summed E-state index contributed by atoms with van der Waals surface area (Å²) in [5, 5.41) is 2.55. The molecule has 0 atom stereocenters. The number of rotatable bonds is 7. The van der Waals surface area contributed by atoms with Crippen LogP contribution in [0.4, 0.5) is 24.5 Å². The first-order chi connectivity index (χ1) is 15.5. The Morgan fingerprint density at radius 1 is 1.00 bits per heavy atom. The highest BCUT2D eigenvalue weighted by molar-refractivity contribution is 7.92. The van der Waals surface area contributed by atoms with Crippen LogP contribution in [0.3, 0.4) is 0 Å². The molecule has 0 saturated heterocycles. The number of amides is 1. The molecular weight excluding hydrogens is 457 g/mol. The molecule has 3 aromatic rings. The van der Waals surface area contributed by atoms with E-state index in [1.54, 1.807) is 12.1 Å². The largest absolute Gasteiger partial charge is 0.497 e. The van der Waals surface area contributed by atoms with E-state index in [1.165, 1.54) is 62.6 Å². The van der Waals surface area contributed by atoms with Gasteiger partial charge in [-0.3, -0.25) is 9.10 Å². The van der Waals surface area contributed by atoms with Gasteiger partial charge in [0.2, 0.25) is 5.91 Å². The van der Waals surface area contributed by atoms with Gasteiger partial charge in [0, 0.05) is 12.6 Å². The van der Waals surface area contributed by atoms with Gasteiger partial charge in [0.1, 0.15) is 5.75 Å². The third kappa shape index (κ3) is 5.83. The number of ether oxygens (including phenoxy) is 1. The lowest BCUT2D eigenvalue weighted by Gasteiger charge is -2.25. The van der Waals surface area contributed by atoms with E-state index in [4.69, 9.17) is 4.74 Å². The molecular formula is C23H21F3N2O4S. The average Bonchev–Trinajstić information content (AvgIpc) is 2.77. The normalized spacial score (nSPS) is 11.7. The Morgan fingerprint density at radius 2 is 1.64 bits per heavy atom. The van der Waals surface area contributed by atoms with Gasteiger partial charge in [-0.1, -0.05) is 12.1 Å². The molecule has 0 bridgehead atoms. The number of anilines is 2. The molecule has 1 amide bonds. The van der Waals surface area contributed by atoms with E-state index in [2.05, 4.69) is 5.32 Å². The molecule has 0 aliphatic rings. The fourth-order valence-electron chi connectivity index (χ4n) is 3.12. The minimum absolute atomic E-state index is 0.0839. The van der Waals surface area contributed by atoms with Gasteiger partial charge in [0.15, 0.2) is 0 Å². The van der Waals surface area contributed by atoms with E-state index in [0.29, 0.717) is 11.4 Å². The van der Waals surface area contributed by atoms with Gasteiger partial charge < -0.3 is 10.1 Å². The summed E-state index contributed by atoms with van der Waals surface area (Å²) in [4.78, 5) is 11.1. The number of halogens is 3. The van der Waals surface area contributed by atoms with E-state index in [9.17, 15) is 26.4 Å². The van der Waals surface area contributed by atoms with E-state index in [1.807, 2.05) is 0 Å². The van der Waals surface area contributed by atoms with Gasteiger partial charge in [-0.2, -0.15) is 13.2 Å². The van der Waals surface area contributed by atoms with Crippen LogP contribution < -0.4 is 14.4 Å². The topological polar surface area (TPSA) is 75.7 Å². The summed E-state index contributed by atoms with van der Waals surface area (Å²) in [7, 11) is -2.71. The average molecular weight is 478 g/mol. The SMILES string of the molecule is COc1ccc(N(Cc2cccc(C(F)(F)F)c2)S(=O)(=O)c2ccc(NC(C)=O)cc2)cc1. The first-order valence-electron chi connectivity index (χ1n) is 9.71. The second kappa shape index (κ2) is 9.53. The zero-order valence-electron chi connectivity index (χ0n) is 17.8. The molecule has 3 rings (SSSR count). The van der Waals surface area contributed by atoms with Crippen molar-refractivity contribution in [2.75, 3.05) is 16.7 Å². The third-order valence-electron chi connectivity index (χ3n) is 4.70. The fourth-order valence-corrected chi connectivity index (χ4v) is 4.57. The van der Waals surface area contributed by atoms with Crippen LogP contribution in [-0.2, 0) is 27.5 Å². The number of alkyl halides is 3. The predicted molar refractivity (Wildman–Crippen MR) is 119 cm³/mol. The molecule has 174 valence electrons. The van der Waals surface area contributed by atoms with Crippen LogP contribution in [0, 0.1) is 0 Å². The summed E-state index contributed by atoms with van der Waals surface area (Å²) >= 11 is 0. The Morgan fingerprint density at radius 3 is 2.18 bits per heavy atom. The number of methoxy groups -OCH3 is 1. The molecule has 10 heteroatoms. The van der Waals surface area contributed by atoms with E-state index in [-0.39, 0.29) is 28.6 Å². The Labute approximate surface area is 189 Å². The van der Waals surface area contributed by atoms with Crippen LogP contribution in [0.2, 0.25) is 0 Å². The minimum atomic E-state index is -4.56. The predicted octanol–water partition coefficient (Wildman–Crippen LogP) is 5.07. The van der Waals surface area contributed by atoms with Gasteiger partial charge in [0.25, 0.3) is 10.0 Å². The number of sulfonamides is 1. The first kappa shape index (κ1) is 24.1. The Bertz CT molecular complexity index is 1230. The van der Waals surface area contributed by atoms with E-state index < -0.39 is 21.8 Å². The number of carbonyl (C=O) groups excluding carboxylic acids is 1. The van der Waals surface area contributed by atoms with Crippen molar-refractivity contribution < 1.29 is 31.1 Å². The minimum Gasteiger partial charge on any atom is -0.497 e. The number of hydrogen-bond acceptors (Lipinski definition) is 4. The van der Waals surface area contributed by atoms with Crippen LogP contribution in [0.5, 0.6) is 5.75 Å². The molecule has 6 nitrogen and oxygen atoms in total. The van der Waals surface area contributed by atoms with Crippen molar-refractivity contribution in [1.29, 1.82) is 0 Å². The number of carbonyl (C=O) groups is 1. The highest BCUT2D eigenvalue weighted by Gasteiger charge is 2.31. The van der Waals surface area contributed by atoms with Gasteiger partial charge in [0.05, 0.1) is 29.8 Å². The summed E-state index contributed by atoms with van der Waals surface area (Å²) < 4.78 is 72.6. The summed E-state index contributed by atoms with van der Waals surface area (Å²) in [5.74, 6) is 0.185. The molecule has 0 aliphatic heterocycles. The molecule has 0 saturated carbocycles. The first-order valence-corrected chi connectivity index (χ1v) is 11.2. The quantitative estimate of drug-likeness (QED) is 0.515. The molecule has 33 heavy (non-hydrogen) atoms. The maximum Gasteiger partial charge on any atom is 0.416 e. The zero-order chi connectivity index (χ0) is 24.2. The molecule has 0 spiro atoms. The summed E-state index contributed by atoms with van der Waals surface area (Å²) in [5.41, 5.74) is -0.0414. The standard InChI is InChI=1S/C23H21F3N2O4S/c1-16(29)27-19-6-12-22(13-7-19)33(30,31)28(20-8-10-21(32-2)11-9-20)15-17-4-3-5-18(14-17)23(24,25)26/h3-14H,15H2,1-2H3,(H,27,29). The van der Waals surface area contributed by atoms with E-state index >= 15 is 0 Å². The third-order valence-corrected chi connectivity index (χ3v) is 6.49. The van der Waals surface area contributed by atoms with Crippen LogP contribution >= 0.6 is 0 Å². The van der Waals surface area contributed by atoms with Crippen LogP contribution in [0.25, 0.3) is 0 Å². The summed E-state index contributed by atoms with van der Waals surface area (Å²) in [6, 6.07) is 16.2. The van der Waals surface area contributed by atoms with Crippen molar-refractivity contribution >= 4 is 27.3 Å². The summed E-state index contributed by atoms with van der Waals surface area (Å²) in [6.07, 6.45) is -4.56. The Kier molecular flexibility index (Phi) is 6.97. The van der Waals surface area contributed by atoms with Crippen molar-refractivity contribution in [3.05, 3.63) is 83.9 Å². The summed E-state index contributed by atoms with van der Waals surface area (Å²) in [6.45, 7) is 0.997. The van der Waals surface area contributed by atoms with Gasteiger partial charge in [-0.05, 0) is 66.2 Å². The lowest BCUT2D eigenvalue weighted by atomic mass is 10.1. The number of hydrogen-bond donors (Lipinski definition) is 1. The Balaban J connectivity index is 2.03. The van der Waals surface area contributed by atoms with Crippen molar-refractivity contribution in [1.82, 2.24) is 0 Å². The highest BCUT2D eigenvalue weighted by atomic mass is 32.2. The molecule has 0 aromatic heterocycles. The van der Waals surface area contributed by atoms with Crippen LogP contribution in [-0.4, -0.2) is 21.4 Å². The van der Waals surface area contributed by atoms with Gasteiger partial charge >= 0.3 is 6.18 Å². The van der Waals surface area contributed by atoms with Crippen LogP contribution in [0.15, 0.2) is 77.7 Å². The second-order valence-electron chi connectivity index (χ2n) is 7.11. The zero-order valence-corrected chi connectivity index (χ0v) is 18.6. The van der Waals surface area contributed by atoms with Gasteiger partial charge in [-0.15, -0.1) is 0 Å². The Hall–Kier alpha value is -3.53. The fraction of sp³-hybridized carbons (Fsp3) is 0.174. The lowest BCUT2D eigenvalue weighted by molar-refractivity contribution is -0.137. The monoisotopic (exact) mass is 478 g/mol. The van der Waals surface area contributed by atoms with Crippen molar-refractivity contribution in [2.24, 2.45) is 0 Å². The molecule has 0 unspecified atom stereocenters. The smallest absolute Gasteiger partial charge is 0.416 e. The number of benzene rings is 3. The molecule has 0 aliphatic carbocycles. The van der Waals surface area contributed by atoms with Crippen molar-refractivity contribution in [3.63, 3.8) is 0 Å². The lowest BCUT2D eigenvalue weighted by Crippen LogP contribution is -2.30. The second-order valence-corrected chi connectivity index (χ2v) is 8.98. The molecule has 0 heterocycles. The molecule has 0 fully saturated rings. The molecule has 3 aromatic carbocycles. The van der Waals surface area contributed by atoms with Crippen molar-refractivity contribution in [3.8, 4) is 5.75 Å². The highest BCUT2D eigenvalue weighted by Crippen LogP contribution is 2.32. The van der Waals surface area contributed by atoms with Crippen molar-refractivity contribution in [2.45, 2.75) is 24.5 Å². The maximum atomic E-state index is 13.5. The number of nitrogens with zero attached hydrogens (tertiary/aromatic N) is 1. The van der Waals surface area contributed by atoms with Gasteiger partial charge in [-0.25, -0.2) is 8.42 Å². The van der Waals surface area contributed by atoms with E-state index in [0.717, 1.165) is 16.4 Å².